The minimum Gasteiger partial charge on any atom is -0.494 e. The van der Waals surface area contributed by atoms with Gasteiger partial charge in [0.2, 0.25) is 0 Å². The molecule has 2 aromatic carbocycles. The molecule has 0 bridgehead atoms. The number of hydrogen-bond donors (Lipinski definition) is 0. The largest absolute Gasteiger partial charge is 0.494 e. The first-order chi connectivity index (χ1) is 19.8. The molecule has 2 aromatic rings. The molecular formula is C38H60O2. The van der Waals surface area contributed by atoms with Gasteiger partial charge >= 0.3 is 0 Å². The van der Waals surface area contributed by atoms with E-state index in [-0.39, 0.29) is 0 Å². The van der Waals surface area contributed by atoms with E-state index in [4.69, 9.17) is 9.47 Å². The van der Waals surface area contributed by atoms with Crippen LogP contribution in [0, 0.1) is 0 Å². The van der Waals surface area contributed by atoms with Crippen LogP contribution < -0.4 is 9.47 Å². The lowest BCUT2D eigenvalue weighted by Crippen LogP contribution is -1.97. The lowest BCUT2D eigenvalue weighted by molar-refractivity contribution is 0.304. The number of hydrogen-bond acceptors (Lipinski definition) is 2. The predicted octanol–water partition coefficient (Wildman–Crippen LogP) is 12.5. The molecule has 2 heteroatoms. The summed E-state index contributed by atoms with van der Waals surface area (Å²) in [5.41, 5.74) is 2.38. The zero-order chi connectivity index (χ0) is 28.4. The third kappa shape index (κ3) is 18.2. The van der Waals surface area contributed by atoms with E-state index < -0.39 is 0 Å². The van der Waals surface area contributed by atoms with Crippen LogP contribution in [0.15, 0.2) is 48.5 Å². The molecule has 0 aliphatic rings. The van der Waals surface area contributed by atoms with Gasteiger partial charge in [-0.3, -0.25) is 0 Å². The van der Waals surface area contributed by atoms with Crippen LogP contribution in [0.25, 0.3) is 12.2 Å². The van der Waals surface area contributed by atoms with Crippen molar-refractivity contribution >= 4 is 12.2 Å². The smallest absolute Gasteiger partial charge is 0.119 e. The Morgan fingerprint density at radius 3 is 0.950 bits per heavy atom. The molecule has 0 atom stereocenters. The van der Waals surface area contributed by atoms with Gasteiger partial charge in [0.15, 0.2) is 0 Å². The molecule has 224 valence electrons. The van der Waals surface area contributed by atoms with Crippen molar-refractivity contribution < 1.29 is 9.47 Å². The maximum absolute atomic E-state index is 5.95. The van der Waals surface area contributed by atoms with Crippen LogP contribution in [0.4, 0.5) is 0 Å². The van der Waals surface area contributed by atoms with Gasteiger partial charge in [-0.25, -0.2) is 0 Å². The molecule has 2 rings (SSSR count). The van der Waals surface area contributed by atoms with Crippen LogP contribution >= 0.6 is 0 Å². The molecule has 0 saturated heterocycles. The van der Waals surface area contributed by atoms with Crippen molar-refractivity contribution in [2.75, 3.05) is 13.2 Å². The highest BCUT2D eigenvalue weighted by Crippen LogP contribution is 2.18. The maximum atomic E-state index is 5.95. The fourth-order valence-corrected chi connectivity index (χ4v) is 5.10. The van der Waals surface area contributed by atoms with Crippen molar-refractivity contribution in [1.29, 1.82) is 0 Å². The van der Waals surface area contributed by atoms with Crippen LogP contribution in [0.2, 0.25) is 0 Å². The van der Waals surface area contributed by atoms with Gasteiger partial charge < -0.3 is 9.47 Å². The fourth-order valence-electron chi connectivity index (χ4n) is 5.10. The number of ether oxygens (including phenoxy) is 2. The van der Waals surface area contributed by atoms with Crippen molar-refractivity contribution in [2.24, 2.45) is 0 Å². The Morgan fingerprint density at radius 1 is 0.375 bits per heavy atom. The van der Waals surface area contributed by atoms with Gasteiger partial charge in [0.1, 0.15) is 11.5 Å². The molecule has 0 saturated carbocycles. The Hall–Kier alpha value is -2.22. The van der Waals surface area contributed by atoms with E-state index in [0.29, 0.717) is 0 Å². The normalized spacial score (nSPS) is 11.3. The average Bonchev–Trinajstić information content (AvgIpc) is 2.99. The first-order valence-corrected chi connectivity index (χ1v) is 17.0. The average molecular weight is 549 g/mol. The third-order valence-electron chi connectivity index (χ3n) is 7.76. The van der Waals surface area contributed by atoms with Crippen molar-refractivity contribution in [3.05, 3.63) is 59.7 Å². The first kappa shape index (κ1) is 34.0. The Labute approximate surface area is 248 Å². The minimum absolute atomic E-state index is 0.819. The van der Waals surface area contributed by atoms with Crippen molar-refractivity contribution in [3.8, 4) is 11.5 Å². The van der Waals surface area contributed by atoms with E-state index in [0.717, 1.165) is 37.6 Å². The molecule has 0 aromatic heterocycles. The summed E-state index contributed by atoms with van der Waals surface area (Å²) in [5.74, 6) is 1.94. The van der Waals surface area contributed by atoms with E-state index in [1.165, 1.54) is 127 Å². The van der Waals surface area contributed by atoms with Crippen LogP contribution in [0.5, 0.6) is 11.5 Å². The Bertz CT molecular complexity index is 765. The predicted molar refractivity (Wildman–Crippen MR) is 176 cm³/mol. The highest BCUT2D eigenvalue weighted by molar-refractivity contribution is 5.70. The summed E-state index contributed by atoms with van der Waals surface area (Å²) in [6, 6.07) is 16.9. The Morgan fingerprint density at radius 2 is 0.650 bits per heavy atom. The number of unbranched alkanes of at least 4 members (excludes halogenated alkanes) is 18. The van der Waals surface area contributed by atoms with E-state index in [2.05, 4.69) is 74.5 Å². The van der Waals surface area contributed by atoms with E-state index in [1.807, 2.05) is 0 Å². The lowest BCUT2D eigenvalue weighted by atomic mass is 10.1. The number of benzene rings is 2. The van der Waals surface area contributed by atoms with Gasteiger partial charge in [0, 0.05) is 0 Å². The highest BCUT2D eigenvalue weighted by Gasteiger charge is 1.98. The molecule has 0 aliphatic heterocycles. The molecule has 0 unspecified atom stereocenters. The zero-order valence-electron chi connectivity index (χ0n) is 26.1. The summed E-state index contributed by atoms with van der Waals surface area (Å²) in [6.45, 7) is 6.20. The van der Waals surface area contributed by atoms with Gasteiger partial charge in [-0.2, -0.15) is 0 Å². The van der Waals surface area contributed by atoms with E-state index in [1.54, 1.807) is 0 Å². The van der Waals surface area contributed by atoms with Gasteiger partial charge in [-0.05, 0) is 48.2 Å². The second kappa shape index (κ2) is 24.6. The summed E-state index contributed by atoms with van der Waals surface area (Å²) in [6.07, 6.45) is 31.4. The van der Waals surface area contributed by atoms with Crippen LogP contribution in [-0.2, 0) is 0 Å². The summed E-state index contributed by atoms with van der Waals surface area (Å²) in [5, 5.41) is 0. The van der Waals surface area contributed by atoms with Crippen molar-refractivity contribution in [3.63, 3.8) is 0 Å². The second-order valence-corrected chi connectivity index (χ2v) is 11.5. The van der Waals surface area contributed by atoms with Crippen LogP contribution in [0.1, 0.15) is 153 Å². The van der Waals surface area contributed by atoms with E-state index in [9.17, 15) is 0 Å². The SMILES string of the molecule is CCCCCCCCCCCCOc1ccc(/C=C/c2ccc(OCCCCCCCCCCCC)cc2)cc1. The molecule has 0 radical (unpaired) electrons. The van der Waals surface area contributed by atoms with Gasteiger partial charge in [0.25, 0.3) is 0 Å². The zero-order valence-corrected chi connectivity index (χ0v) is 26.1. The molecule has 0 aliphatic carbocycles. The summed E-state index contributed by atoms with van der Waals surface area (Å²) in [4.78, 5) is 0. The van der Waals surface area contributed by atoms with Gasteiger partial charge in [0.05, 0.1) is 13.2 Å². The third-order valence-corrected chi connectivity index (χ3v) is 7.76. The molecule has 0 heterocycles. The number of rotatable bonds is 26. The maximum Gasteiger partial charge on any atom is 0.119 e. The van der Waals surface area contributed by atoms with Gasteiger partial charge in [-0.1, -0.05) is 166 Å². The van der Waals surface area contributed by atoms with Crippen LogP contribution in [-0.4, -0.2) is 13.2 Å². The molecule has 0 amide bonds. The molecule has 0 N–H and O–H groups in total. The first-order valence-electron chi connectivity index (χ1n) is 17.0. The quantitative estimate of drug-likeness (QED) is 0.0859. The summed E-state index contributed by atoms with van der Waals surface area (Å²) in [7, 11) is 0. The van der Waals surface area contributed by atoms with Crippen LogP contribution in [0.3, 0.4) is 0 Å². The van der Waals surface area contributed by atoms with Crippen molar-refractivity contribution in [2.45, 2.75) is 142 Å². The molecule has 40 heavy (non-hydrogen) atoms. The second-order valence-electron chi connectivity index (χ2n) is 11.5. The Balaban J connectivity index is 1.50. The summed E-state index contributed by atoms with van der Waals surface area (Å²) >= 11 is 0. The Kier molecular flexibility index (Phi) is 20.9. The minimum atomic E-state index is 0.819. The molecular weight excluding hydrogens is 488 g/mol. The monoisotopic (exact) mass is 548 g/mol. The molecule has 0 fully saturated rings. The van der Waals surface area contributed by atoms with Crippen molar-refractivity contribution in [1.82, 2.24) is 0 Å². The summed E-state index contributed by atoms with van der Waals surface area (Å²) < 4.78 is 11.9. The fraction of sp³-hybridized carbons (Fsp3) is 0.632. The standard InChI is InChI=1S/C38H60O2/c1-3-5-7-9-11-13-15-17-19-21-33-39-37-29-25-35(26-30-37)23-24-36-27-31-38(32-28-36)40-34-22-20-18-16-14-12-10-8-6-4-2/h23-32H,3-22,33-34H2,1-2H3/b24-23+. The molecule has 0 spiro atoms. The van der Waals surface area contributed by atoms with Gasteiger partial charge in [-0.15, -0.1) is 0 Å². The lowest BCUT2D eigenvalue weighted by Gasteiger charge is -2.07. The topological polar surface area (TPSA) is 18.5 Å². The molecule has 2 nitrogen and oxygen atoms in total. The van der Waals surface area contributed by atoms with E-state index >= 15 is 0 Å². The highest BCUT2D eigenvalue weighted by atomic mass is 16.5.